The van der Waals surface area contributed by atoms with Crippen LogP contribution >= 0.6 is 0 Å². The van der Waals surface area contributed by atoms with E-state index in [0.29, 0.717) is 16.7 Å². The minimum absolute atomic E-state index is 0. The number of ether oxygens (including phenoxy) is 1. The minimum atomic E-state index is -2.56. The number of aromatic nitrogens is 1. The summed E-state index contributed by atoms with van der Waals surface area (Å²) in [7, 11) is 0. The number of hydrogen-bond donors (Lipinski definition) is 0. The van der Waals surface area contributed by atoms with Crippen LogP contribution in [-0.2, 0) is 17.6 Å². The number of halogens is 2. The fourth-order valence-corrected chi connectivity index (χ4v) is 2.65. The summed E-state index contributed by atoms with van der Waals surface area (Å²) in [6.45, 7) is 3.06. The predicted molar refractivity (Wildman–Crippen MR) is 70.9 cm³/mol. The van der Waals surface area contributed by atoms with E-state index in [1.165, 1.54) is 10.8 Å². The molecule has 4 nitrogen and oxygen atoms in total. The van der Waals surface area contributed by atoms with Crippen molar-refractivity contribution in [1.82, 2.24) is 4.57 Å². The van der Waals surface area contributed by atoms with Crippen LogP contribution in [0.1, 0.15) is 13.8 Å². The van der Waals surface area contributed by atoms with Crippen molar-refractivity contribution in [1.29, 1.82) is 0 Å². The third-order valence-electron chi connectivity index (χ3n) is 2.71. The van der Waals surface area contributed by atoms with Gasteiger partial charge in [0.05, 0.1) is 28.4 Å². The molecule has 2 rings (SSSR count). The van der Waals surface area contributed by atoms with Crippen LogP contribution in [0.5, 0.6) is 5.75 Å². The number of rotatable bonds is 5. The van der Waals surface area contributed by atoms with Crippen molar-refractivity contribution in [2.24, 2.45) is 0 Å². The van der Waals surface area contributed by atoms with E-state index in [4.69, 9.17) is 4.74 Å². The molecule has 0 radical (unpaired) electrons. The molecule has 0 N–H and O–H groups in total. The SMILES string of the molecule is CC(C)Oc1cccc2c1c(S(=O)[O-])cn2CC(F)F.[Na+]. The molecule has 0 fully saturated rings. The summed E-state index contributed by atoms with van der Waals surface area (Å²) in [5.41, 5.74) is 0.419. The first-order chi connectivity index (χ1) is 9.40. The Kier molecular flexibility index (Phi) is 6.80. The summed E-state index contributed by atoms with van der Waals surface area (Å²) in [6, 6.07) is 4.88. The van der Waals surface area contributed by atoms with Crippen LogP contribution < -0.4 is 34.3 Å². The Hall–Kier alpha value is -0.470. The molecule has 0 aliphatic rings. The van der Waals surface area contributed by atoms with Crippen molar-refractivity contribution in [3.63, 3.8) is 0 Å². The van der Waals surface area contributed by atoms with Crippen LogP contribution in [0.3, 0.4) is 0 Å². The first kappa shape index (κ1) is 18.6. The zero-order valence-corrected chi connectivity index (χ0v) is 14.8. The van der Waals surface area contributed by atoms with Gasteiger partial charge in [0, 0.05) is 6.20 Å². The molecule has 8 heteroatoms. The molecule has 110 valence electrons. The topological polar surface area (TPSA) is 54.3 Å². The number of benzene rings is 1. The molecule has 0 aliphatic carbocycles. The van der Waals surface area contributed by atoms with Crippen LogP contribution in [0.15, 0.2) is 29.3 Å². The molecule has 1 atom stereocenters. The van der Waals surface area contributed by atoms with Crippen LogP contribution in [0.4, 0.5) is 8.78 Å². The summed E-state index contributed by atoms with van der Waals surface area (Å²) in [6.07, 6.45) is -1.49. The van der Waals surface area contributed by atoms with E-state index in [2.05, 4.69) is 0 Å². The Labute approximate surface area is 146 Å². The number of fused-ring (bicyclic) bond motifs is 1. The number of nitrogens with zero attached hydrogens (tertiary/aromatic N) is 1. The Morgan fingerprint density at radius 1 is 1.38 bits per heavy atom. The molecule has 2 aromatic rings. The van der Waals surface area contributed by atoms with Gasteiger partial charge in [-0.15, -0.1) is 0 Å². The molecule has 0 saturated heterocycles. The Bertz CT molecular complexity index is 646. The molecule has 0 bridgehead atoms. The van der Waals surface area contributed by atoms with Crippen LogP contribution in [0.2, 0.25) is 0 Å². The zero-order chi connectivity index (χ0) is 14.9. The minimum Gasteiger partial charge on any atom is -0.768 e. The normalized spacial score (nSPS) is 12.7. The maximum Gasteiger partial charge on any atom is 1.00 e. The second-order valence-electron chi connectivity index (χ2n) is 4.59. The van der Waals surface area contributed by atoms with Gasteiger partial charge in [0.15, 0.2) is 0 Å². The van der Waals surface area contributed by atoms with Crippen molar-refractivity contribution < 1.29 is 51.8 Å². The molecule has 1 heterocycles. The van der Waals surface area contributed by atoms with Crippen molar-refractivity contribution in [3.05, 3.63) is 24.4 Å². The maximum absolute atomic E-state index is 12.6. The third kappa shape index (κ3) is 4.26. The van der Waals surface area contributed by atoms with Crippen molar-refractivity contribution in [3.8, 4) is 5.75 Å². The quantitative estimate of drug-likeness (QED) is 0.571. The van der Waals surface area contributed by atoms with Gasteiger partial charge in [0.2, 0.25) is 0 Å². The van der Waals surface area contributed by atoms with Crippen molar-refractivity contribution in [2.75, 3.05) is 0 Å². The first-order valence-electron chi connectivity index (χ1n) is 6.06. The summed E-state index contributed by atoms with van der Waals surface area (Å²) in [5.74, 6) is 0.379. The fourth-order valence-electron chi connectivity index (χ4n) is 2.06. The monoisotopic (exact) mass is 325 g/mol. The fraction of sp³-hybridized carbons (Fsp3) is 0.385. The van der Waals surface area contributed by atoms with Gasteiger partial charge in [-0.3, -0.25) is 4.21 Å². The molecule has 1 aromatic carbocycles. The van der Waals surface area contributed by atoms with Gasteiger partial charge in [-0.2, -0.15) is 0 Å². The molecule has 0 saturated carbocycles. The average molecular weight is 325 g/mol. The Balaban J connectivity index is 0.00000220. The van der Waals surface area contributed by atoms with Crippen molar-refractivity contribution >= 4 is 22.0 Å². The molecular formula is C13H14F2NNaO3S. The maximum atomic E-state index is 12.6. The standard InChI is InChI=1S/C13H15F2NO3S.Na/c1-8(2)19-10-5-3-4-9-13(10)11(20(17)18)6-16(9)7-12(14)15;/h3-6,8,12H,7H2,1-2H3,(H,17,18);/q;+1/p-1. The first-order valence-corrected chi connectivity index (χ1v) is 7.13. The van der Waals surface area contributed by atoms with Gasteiger partial charge in [-0.1, -0.05) is 6.07 Å². The molecule has 1 aromatic heterocycles. The van der Waals surface area contributed by atoms with Gasteiger partial charge in [-0.05, 0) is 37.1 Å². The number of alkyl halides is 2. The Morgan fingerprint density at radius 2 is 2.05 bits per heavy atom. The van der Waals surface area contributed by atoms with Crippen LogP contribution in [-0.4, -0.2) is 25.9 Å². The summed E-state index contributed by atoms with van der Waals surface area (Å²) in [5, 5.41) is 0.343. The van der Waals surface area contributed by atoms with Gasteiger partial charge in [-0.25, -0.2) is 8.78 Å². The number of hydrogen-bond acceptors (Lipinski definition) is 3. The van der Waals surface area contributed by atoms with E-state index in [0.717, 1.165) is 0 Å². The molecule has 0 amide bonds. The second kappa shape index (κ2) is 7.69. The Morgan fingerprint density at radius 3 is 2.57 bits per heavy atom. The van der Waals surface area contributed by atoms with Gasteiger partial charge in [0.1, 0.15) is 5.75 Å². The van der Waals surface area contributed by atoms with Gasteiger partial charge >= 0.3 is 29.6 Å². The molecule has 21 heavy (non-hydrogen) atoms. The summed E-state index contributed by atoms with van der Waals surface area (Å²) < 4.78 is 54.5. The summed E-state index contributed by atoms with van der Waals surface area (Å²) >= 11 is -2.52. The van der Waals surface area contributed by atoms with E-state index >= 15 is 0 Å². The van der Waals surface area contributed by atoms with E-state index < -0.39 is 24.1 Å². The molecule has 0 spiro atoms. The smallest absolute Gasteiger partial charge is 0.768 e. The van der Waals surface area contributed by atoms with Gasteiger partial charge < -0.3 is 13.9 Å². The predicted octanol–water partition coefficient (Wildman–Crippen LogP) is -0.0644. The van der Waals surface area contributed by atoms with E-state index in [1.54, 1.807) is 18.2 Å². The van der Waals surface area contributed by atoms with E-state index in [1.807, 2.05) is 13.8 Å². The zero-order valence-electron chi connectivity index (χ0n) is 12.0. The van der Waals surface area contributed by atoms with Crippen LogP contribution in [0, 0.1) is 0 Å². The second-order valence-corrected chi connectivity index (χ2v) is 5.50. The van der Waals surface area contributed by atoms with E-state index in [-0.39, 0.29) is 40.6 Å². The summed E-state index contributed by atoms with van der Waals surface area (Å²) in [4.78, 5) is -0.0306. The molecule has 0 aliphatic heterocycles. The van der Waals surface area contributed by atoms with Crippen LogP contribution in [0.25, 0.3) is 10.9 Å². The third-order valence-corrected chi connectivity index (χ3v) is 3.38. The van der Waals surface area contributed by atoms with Gasteiger partial charge in [0.25, 0.3) is 6.43 Å². The molecular weight excluding hydrogens is 311 g/mol. The average Bonchev–Trinajstić information content (AvgIpc) is 2.68. The van der Waals surface area contributed by atoms with E-state index in [9.17, 15) is 17.5 Å². The molecule has 1 unspecified atom stereocenters. The van der Waals surface area contributed by atoms with Crippen molar-refractivity contribution in [2.45, 2.75) is 37.8 Å². The largest absolute Gasteiger partial charge is 1.00 e.